The molecule has 0 aliphatic carbocycles. The summed E-state index contributed by atoms with van der Waals surface area (Å²) in [4.78, 5) is 15.9. The predicted octanol–water partition coefficient (Wildman–Crippen LogP) is 2.85. The third-order valence-corrected chi connectivity index (χ3v) is 5.66. The summed E-state index contributed by atoms with van der Waals surface area (Å²) in [5.41, 5.74) is 0. The Morgan fingerprint density at radius 1 is 1.48 bits per heavy atom. The lowest BCUT2D eigenvalue weighted by atomic mass is 10.1. The number of carbonyl (C=O) groups excluding carboxylic acids is 1. The summed E-state index contributed by atoms with van der Waals surface area (Å²) in [7, 11) is 0. The van der Waals surface area contributed by atoms with Crippen LogP contribution in [0.1, 0.15) is 43.6 Å². The van der Waals surface area contributed by atoms with Crippen LogP contribution in [-0.4, -0.2) is 39.7 Å². The van der Waals surface area contributed by atoms with E-state index in [0.717, 1.165) is 19.4 Å². The van der Waals surface area contributed by atoms with Gasteiger partial charge in [-0.15, -0.1) is 11.3 Å². The summed E-state index contributed by atoms with van der Waals surface area (Å²) in [5, 5.41) is 9.72. The highest BCUT2D eigenvalue weighted by Gasteiger charge is 2.30. The molecule has 1 saturated heterocycles. The minimum atomic E-state index is 0.182. The van der Waals surface area contributed by atoms with Crippen molar-refractivity contribution < 1.29 is 4.79 Å². The molecule has 1 aliphatic heterocycles. The van der Waals surface area contributed by atoms with Crippen molar-refractivity contribution in [3.8, 4) is 0 Å². The van der Waals surface area contributed by atoms with E-state index in [2.05, 4.69) is 41.8 Å². The Bertz CT molecular complexity index is 611. The molecule has 23 heavy (non-hydrogen) atoms. The molecule has 0 radical (unpaired) electrons. The van der Waals surface area contributed by atoms with Crippen molar-refractivity contribution in [1.29, 1.82) is 0 Å². The summed E-state index contributed by atoms with van der Waals surface area (Å²) in [6.45, 7) is 5.46. The van der Waals surface area contributed by atoms with Gasteiger partial charge in [0, 0.05) is 29.9 Å². The van der Waals surface area contributed by atoms with E-state index in [1.54, 1.807) is 17.5 Å². The number of hydrogen-bond acceptors (Lipinski definition) is 4. The van der Waals surface area contributed by atoms with Crippen molar-refractivity contribution in [2.45, 2.75) is 44.8 Å². The van der Waals surface area contributed by atoms with E-state index in [1.165, 1.54) is 4.88 Å². The highest BCUT2D eigenvalue weighted by atomic mass is 32.1. The van der Waals surface area contributed by atoms with Gasteiger partial charge in [0.2, 0.25) is 5.91 Å². The van der Waals surface area contributed by atoms with E-state index in [1.807, 2.05) is 21.8 Å². The second-order valence-electron chi connectivity index (χ2n) is 6.16. The van der Waals surface area contributed by atoms with Crippen LogP contribution in [0.2, 0.25) is 0 Å². The molecule has 124 valence electrons. The van der Waals surface area contributed by atoms with Crippen LogP contribution in [0, 0.1) is 0 Å². The molecule has 6 heteroatoms. The molecule has 1 N–H and O–H groups in total. The van der Waals surface area contributed by atoms with Gasteiger partial charge in [-0.1, -0.05) is 6.07 Å². The lowest BCUT2D eigenvalue weighted by molar-refractivity contribution is -0.131. The van der Waals surface area contributed by atoms with Gasteiger partial charge in [-0.3, -0.25) is 9.48 Å². The van der Waals surface area contributed by atoms with Gasteiger partial charge < -0.3 is 10.2 Å². The van der Waals surface area contributed by atoms with Crippen molar-refractivity contribution in [2.75, 3.05) is 13.1 Å². The quantitative estimate of drug-likeness (QED) is 0.885. The van der Waals surface area contributed by atoms with E-state index in [4.69, 9.17) is 0 Å². The van der Waals surface area contributed by atoms with Gasteiger partial charge >= 0.3 is 0 Å². The predicted molar refractivity (Wildman–Crippen MR) is 92.4 cm³/mol. The van der Waals surface area contributed by atoms with E-state index in [0.29, 0.717) is 6.54 Å². The Labute approximate surface area is 141 Å². The van der Waals surface area contributed by atoms with Gasteiger partial charge in [0.1, 0.15) is 0 Å². The van der Waals surface area contributed by atoms with Crippen LogP contribution in [0.3, 0.4) is 0 Å². The number of aromatic nitrogens is 2. The Kier molecular flexibility index (Phi) is 5.13. The SMILES string of the molecule is C[C@H](NCC(=O)N1CCC[C@@H]1c1cccs1)[C@H](C)n1cccn1. The molecular weight excluding hydrogens is 308 g/mol. The van der Waals surface area contributed by atoms with Crippen LogP contribution in [0.25, 0.3) is 0 Å². The van der Waals surface area contributed by atoms with E-state index < -0.39 is 0 Å². The maximum Gasteiger partial charge on any atom is 0.237 e. The normalized spacial score (nSPS) is 20.6. The molecular formula is C17H24N4OS. The van der Waals surface area contributed by atoms with Crippen LogP contribution >= 0.6 is 11.3 Å². The maximum absolute atomic E-state index is 12.6. The molecule has 0 unspecified atom stereocenters. The Balaban J connectivity index is 1.54. The Morgan fingerprint density at radius 2 is 2.35 bits per heavy atom. The number of amides is 1. The van der Waals surface area contributed by atoms with Gasteiger partial charge in [-0.05, 0) is 44.2 Å². The first-order valence-corrected chi connectivity index (χ1v) is 9.10. The highest BCUT2D eigenvalue weighted by Crippen LogP contribution is 2.34. The zero-order chi connectivity index (χ0) is 16.2. The van der Waals surface area contributed by atoms with Crippen molar-refractivity contribution in [3.63, 3.8) is 0 Å². The number of rotatable bonds is 6. The molecule has 1 aliphatic rings. The summed E-state index contributed by atoms with van der Waals surface area (Å²) in [6.07, 6.45) is 5.90. The molecule has 3 heterocycles. The average molecular weight is 332 g/mol. The second kappa shape index (κ2) is 7.27. The van der Waals surface area contributed by atoms with Gasteiger partial charge in [0.25, 0.3) is 0 Å². The lowest BCUT2D eigenvalue weighted by Gasteiger charge is -2.26. The van der Waals surface area contributed by atoms with E-state index in [-0.39, 0.29) is 24.0 Å². The Morgan fingerprint density at radius 3 is 3.04 bits per heavy atom. The number of hydrogen-bond donors (Lipinski definition) is 1. The molecule has 0 aromatic carbocycles. The van der Waals surface area contributed by atoms with Gasteiger partial charge in [-0.2, -0.15) is 5.10 Å². The first-order valence-electron chi connectivity index (χ1n) is 8.22. The molecule has 0 spiro atoms. The second-order valence-corrected chi connectivity index (χ2v) is 7.14. The summed E-state index contributed by atoms with van der Waals surface area (Å²) < 4.78 is 1.92. The highest BCUT2D eigenvalue weighted by molar-refractivity contribution is 7.10. The van der Waals surface area contributed by atoms with Crippen molar-refractivity contribution in [1.82, 2.24) is 20.0 Å². The topological polar surface area (TPSA) is 50.2 Å². The third kappa shape index (κ3) is 3.64. The molecule has 1 amide bonds. The molecule has 2 aromatic rings. The molecule has 5 nitrogen and oxygen atoms in total. The van der Waals surface area contributed by atoms with Crippen molar-refractivity contribution in [2.24, 2.45) is 0 Å². The van der Waals surface area contributed by atoms with Gasteiger partial charge in [-0.25, -0.2) is 0 Å². The fraction of sp³-hybridized carbons (Fsp3) is 0.529. The van der Waals surface area contributed by atoms with Gasteiger partial charge in [0.15, 0.2) is 0 Å². The van der Waals surface area contributed by atoms with Gasteiger partial charge in [0.05, 0.1) is 18.6 Å². The first kappa shape index (κ1) is 16.2. The maximum atomic E-state index is 12.6. The van der Waals surface area contributed by atoms with Crippen LogP contribution < -0.4 is 5.32 Å². The Hall–Kier alpha value is -1.66. The molecule has 0 bridgehead atoms. The lowest BCUT2D eigenvalue weighted by Crippen LogP contribution is -2.42. The average Bonchev–Trinajstić information content (AvgIpc) is 3.32. The van der Waals surface area contributed by atoms with Crippen LogP contribution in [0.15, 0.2) is 36.0 Å². The summed E-state index contributed by atoms with van der Waals surface area (Å²) >= 11 is 1.74. The number of nitrogens with one attached hydrogen (secondary N) is 1. The minimum absolute atomic E-state index is 0.182. The zero-order valence-electron chi connectivity index (χ0n) is 13.7. The van der Waals surface area contributed by atoms with Crippen LogP contribution in [-0.2, 0) is 4.79 Å². The number of likely N-dealkylation sites (tertiary alicyclic amines) is 1. The zero-order valence-corrected chi connectivity index (χ0v) is 14.5. The third-order valence-electron chi connectivity index (χ3n) is 4.69. The van der Waals surface area contributed by atoms with Crippen LogP contribution in [0.5, 0.6) is 0 Å². The number of carbonyl (C=O) groups is 1. The van der Waals surface area contributed by atoms with Crippen LogP contribution in [0.4, 0.5) is 0 Å². The molecule has 3 rings (SSSR count). The fourth-order valence-corrected chi connectivity index (χ4v) is 3.99. The smallest absolute Gasteiger partial charge is 0.237 e. The number of thiophene rings is 1. The fourth-order valence-electron chi connectivity index (χ4n) is 3.11. The minimum Gasteiger partial charge on any atom is -0.334 e. The molecule has 2 aromatic heterocycles. The summed E-state index contributed by atoms with van der Waals surface area (Å²) in [5.74, 6) is 0.195. The van der Waals surface area contributed by atoms with E-state index in [9.17, 15) is 4.79 Å². The first-order chi connectivity index (χ1) is 11.2. The monoisotopic (exact) mass is 332 g/mol. The molecule has 0 saturated carbocycles. The number of nitrogens with zero attached hydrogens (tertiary/aromatic N) is 3. The van der Waals surface area contributed by atoms with E-state index >= 15 is 0 Å². The molecule has 3 atom stereocenters. The molecule has 1 fully saturated rings. The standard InChI is InChI=1S/C17H24N4OS/c1-13(14(2)21-10-5-8-19-21)18-12-17(22)20-9-3-6-15(20)16-7-4-11-23-16/h4-5,7-8,10-11,13-15,18H,3,6,9,12H2,1-2H3/t13-,14-,15+/m0/s1. The summed E-state index contributed by atoms with van der Waals surface area (Å²) in [6, 6.07) is 6.78. The van der Waals surface area contributed by atoms with Crippen molar-refractivity contribution >= 4 is 17.2 Å². The largest absolute Gasteiger partial charge is 0.334 e. The van der Waals surface area contributed by atoms with Crippen molar-refractivity contribution in [3.05, 3.63) is 40.8 Å².